The third-order valence-electron chi connectivity index (χ3n) is 6.12. The van der Waals surface area contributed by atoms with Gasteiger partial charge in [-0.1, -0.05) is 54.4 Å². The number of sulfonamides is 1. The average molecular weight is 607 g/mol. The molecule has 0 aliphatic carbocycles. The molecule has 0 spiro atoms. The van der Waals surface area contributed by atoms with Crippen molar-refractivity contribution in [2.75, 3.05) is 24.0 Å². The Kier molecular flexibility index (Phi) is 11.2. The van der Waals surface area contributed by atoms with Crippen LogP contribution in [0, 0.1) is 0 Å². The van der Waals surface area contributed by atoms with Crippen molar-refractivity contribution in [1.82, 2.24) is 10.2 Å². The summed E-state index contributed by atoms with van der Waals surface area (Å²) in [5.74, 6) is -0.582. The molecule has 0 saturated heterocycles. The van der Waals surface area contributed by atoms with Gasteiger partial charge < -0.3 is 15.0 Å². The van der Waals surface area contributed by atoms with Crippen LogP contribution in [0.3, 0.4) is 0 Å². The molecule has 0 saturated carbocycles. The lowest BCUT2D eigenvalue weighted by Crippen LogP contribution is -2.52. The van der Waals surface area contributed by atoms with Crippen LogP contribution in [0.15, 0.2) is 77.7 Å². The van der Waals surface area contributed by atoms with Gasteiger partial charge in [-0.05, 0) is 74.4 Å². The number of halogens is 2. The van der Waals surface area contributed by atoms with Crippen LogP contribution >= 0.6 is 23.2 Å². The molecule has 214 valence electrons. The van der Waals surface area contributed by atoms with Gasteiger partial charge in [0.25, 0.3) is 10.0 Å². The van der Waals surface area contributed by atoms with E-state index in [4.69, 9.17) is 27.9 Å². The summed E-state index contributed by atoms with van der Waals surface area (Å²) < 4.78 is 34.7. The zero-order valence-electron chi connectivity index (χ0n) is 22.6. The van der Waals surface area contributed by atoms with Crippen molar-refractivity contribution >= 4 is 50.7 Å². The van der Waals surface area contributed by atoms with Crippen LogP contribution in [0.4, 0.5) is 5.69 Å². The fraction of sp³-hybridized carbons (Fsp3) is 0.310. The second-order valence-corrected chi connectivity index (χ2v) is 11.6. The molecule has 1 atom stereocenters. The molecule has 2 amide bonds. The van der Waals surface area contributed by atoms with Crippen LogP contribution in [0.5, 0.6) is 5.75 Å². The van der Waals surface area contributed by atoms with Crippen molar-refractivity contribution < 1.29 is 22.7 Å². The molecule has 0 unspecified atom stereocenters. The Morgan fingerprint density at radius 2 is 1.50 bits per heavy atom. The van der Waals surface area contributed by atoms with Gasteiger partial charge in [-0.3, -0.25) is 13.9 Å². The van der Waals surface area contributed by atoms with E-state index in [0.29, 0.717) is 28.8 Å². The molecule has 0 radical (unpaired) electrons. The summed E-state index contributed by atoms with van der Waals surface area (Å²) >= 11 is 12.1. The molecule has 0 aliphatic rings. The molecule has 40 heavy (non-hydrogen) atoms. The van der Waals surface area contributed by atoms with Gasteiger partial charge in [0, 0.05) is 23.1 Å². The number of carbonyl (C=O) groups excluding carboxylic acids is 2. The van der Waals surface area contributed by atoms with Gasteiger partial charge in [-0.15, -0.1) is 0 Å². The van der Waals surface area contributed by atoms with E-state index >= 15 is 0 Å². The Balaban J connectivity index is 2.10. The number of amides is 2. The Hall–Kier alpha value is -3.27. The number of nitrogens with zero attached hydrogens (tertiary/aromatic N) is 2. The number of ether oxygens (including phenoxy) is 1. The van der Waals surface area contributed by atoms with Crippen molar-refractivity contribution in [1.29, 1.82) is 0 Å². The zero-order chi connectivity index (χ0) is 29.3. The maximum atomic E-state index is 14.1. The first-order valence-electron chi connectivity index (χ1n) is 12.9. The summed E-state index contributed by atoms with van der Waals surface area (Å²) in [5, 5.41) is 3.69. The lowest BCUT2D eigenvalue weighted by Gasteiger charge is -2.33. The van der Waals surface area contributed by atoms with Crippen molar-refractivity contribution in [3.05, 3.63) is 88.4 Å². The summed E-state index contributed by atoms with van der Waals surface area (Å²) in [6.45, 7) is 5.56. The summed E-state index contributed by atoms with van der Waals surface area (Å²) in [5.41, 5.74) is 0.937. The highest BCUT2D eigenvalue weighted by Gasteiger charge is 2.34. The van der Waals surface area contributed by atoms with E-state index < -0.39 is 28.5 Å². The fourth-order valence-corrected chi connectivity index (χ4v) is 5.86. The van der Waals surface area contributed by atoms with Gasteiger partial charge in [0.05, 0.1) is 17.2 Å². The van der Waals surface area contributed by atoms with Gasteiger partial charge in [-0.25, -0.2) is 8.42 Å². The first-order chi connectivity index (χ1) is 19.1. The number of rotatable bonds is 13. The summed E-state index contributed by atoms with van der Waals surface area (Å²) in [6, 6.07) is 18.4. The third kappa shape index (κ3) is 7.68. The smallest absolute Gasteiger partial charge is 0.264 e. The Morgan fingerprint density at radius 3 is 2.08 bits per heavy atom. The summed E-state index contributed by atoms with van der Waals surface area (Å²) in [4.78, 5) is 28.4. The van der Waals surface area contributed by atoms with Gasteiger partial charge in [-0.2, -0.15) is 0 Å². The molecule has 0 aliphatic heterocycles. The fourth-order valence-electron chi connectivity index (χ4n) is 4.19. The Bertz CT molecular complexity index is 1400. The van der Waals surface area contributed by atoms with Crippen LogP contribution in [0.1, 0.15) is 32.8 Å². The minimum Gasteiger partial charge on any atom is -0.492 e. The van der Waals surface area contributed by atoms with Gasteiger partial charge in [0.1, 0.15) is 18.3 Å². The zero-order valence-corrected chi connectivity index (χ0v) is 25.0. The van der Waals surface area contributed by atoms with E-state index in [1.54, 1.807) is 69.3 Å². The molecule has 1 N–H and O–H groups in total. The SMILES string of the molecule is CCNC(=O)[C@@H](CC)N(Cc1ccc(Cl)cc1)C(=O)CN(c1ccccc1OCC)S(=O)(=O)c1ccc(Cl)cc1. The van der Waals surface area contributed by atoms with Gasteiger partial charge >= 0.3 is 0 Å². The molecular weight excluding hydrogens is 573 g/mol. The number of anilines is 1. The summed E-state index contributed by atoms with van der Waals surface area (Å²) in [7, 11) is -4.25. The topological polar surface area (TPSA) is 96.0 Å². The molecule has 3 aromatic rings. The van der Waals surface area contributed by atoms with Crippen LogP contribution < -0.4 is 14.4 Å². The first-order valence-corrected chi connectivity index (χ1v) is 15.1. The standard InChI is InChI=1S/C29H33Cl2N3O5S/c1-4-25(29(36)32-5-2)33(19-21-11-13-22(30)14-12-21)28(35)20-34(26-9-7-8-10-27(26)39-6-3)40(37,38)24-17-15-23(31)16-18-24/h7-18,25H,4-6,19-20H2,1-3H3,(H,32,36)/t25-/m1/s1. The number of benzene rings is 3. The lowest BCUT2D eigenvalue weighted by atomic mass is 10.1. The second kappa shape index (κ2) is 14.4. The molecule has 0 aromatic heterocycles. The lowest BCUT2D eigenvalue weighted by molar-refractivity contribution is -0.140. The van der Waals surface area contributed by atoms with Crippen LogP contribution in [-0.4, -0.2) is 50.9 Å². The number of carbonyl (C=O) groups is 2. The normalized spacial score (nSPS) is 11.9. The third-order valence-corrected chi connectivity index (χ3v) is 8.40. The van der Waals surface area contributed by atoms with Gasteiger partial charge in [0.15, 0.2) is 0 Å². The molecule has 3 aromatic carbocycles. The predicted octanol–water partition coefficient (Wildman–Crippen LogP) is 5.53. The minimum atomic E-state index is -4.25. The molecule has 0 bridgehead atoms. The van der Waals surface area contributed by atoms with E-state index in [0.717, 1.165) is 9.87 Å². The van der Waals surface area contributed by atoms with E-state index in [2.05, 4.69) is 5.32 Å². The molecular formula is C29H33Cl2N3O5S. The van der Waals surface area contributed by atoms with E-state index in [-0.39, 0.29) is 29.6 Å². The van der Waals surface area contributed by atoms with Crippen LogP contribution in [-0.2, 0) is 26.2 Å². The van der Waals surface area contributed by atoms with Crippen molar-refractivity contribution in [2.45, 2.75) is 44.7 Å². The first kappa shape index (κ1) is 31.3. The van der Waals surface area contributed by atoms with Crippen LogP contribution in [0.25, 0.3) is 0 Å². The second-order valence-electron chi connectivity index (χ2n) is 8.83. The number of nitrogens with one attached hydrogen (secondary N) is 1. The number of hydrogen-bond donors (Lipinski definition) is 1. The highest BCUT2D eigenvalue weighted by Crippen LogP contribution is 2.33. The number of hydrogen-bond acceptors (Lipinski definition) is 5. The number of likely N-dealkylation sites (N-methyl/N-ethyl adjacent to an activating group) is 1. The van der Waals surface area contributed by atoms with Crippen LogP contribution in [0.2, 0.25) is 10.0 Å². The molecule has 3 rings (SSSR count). The van der Waals surface area contributed by atoms with Crippen molar-refractivity contribution in [3.63, 3.8) is 0 Å². The highest BCUT2D eigenvalue weighted by molar-refractivity contribution is 7.92. The quantitative estimate of drug-likeness (QED) is 0.276. The monoisotopic (exact) mass is 605 g/mol. The highest BCUT2D eigenvalue weighted by atomic mass is 35.5. The molecule has 0 fully saturated rings. The average Bonchev–Trinajstić information content (AvgIpc) is 2.93. The minimum absolute atomic E-state index is 0.0454. The summed E-state index contributed by atoms with van der Waals surface area (Å²) in [6.07, 6.45) is 0.324. The van der Waals surface area contributed by atoms with Crippen molar-refractivity contribution in [3.8, 4) is 5.75 Å². The molecule has 8 nitrogen and oxygen atoms in total. The Labute approximate surface area is 245 Å². The van der Waals surface area contributed by atoms with Gasteiger partial charge in [0.2, 0.25) is 11.8 Å². The van der Waals surface area contributed by atoms with E-state index in [1.807, 2.05) is 0 Å². The van der Waals surface area contributed by atoms with E-state index in [1.165, 1.54) is 29.2 Å². The maximum Gasteiger partial charge on any atom is 0.264 e. The Morgan fingerprint density at radius 1 is 0.900 bits per heavy atom. The maximum absolute atomic E-state index is 14.1. The number of para-hydroxylation sites is 2. The molecule has 0 heterocycles. The largest absolute Gasteiger partial charge is 0.492 e. The molecule has 11 heteroatoms. The predicted molar refractivity (Wildman–Crippen MR) is 158 cm³/mol. The van der Waals surface area contributed by atoms with E-state index in [9.17, 15) is 18.0 Å². The van der Waals surface area contributed by atoms with Crippen molar-refractivity contribution in [2.24, 2.45) is 0 Å².